The third kappa shape index (κ3) is 3.33. The number of halogens is 1. The minimum absolute atomic E-state index is 0.388. The average molecular weight is 266 g/mol. The van der Waals surface area contributed by atoms with Crippen molar-refractivity contribution in [3.05, 3.63) is 29.8 Å². The molecule has 1 fully saturated rings. The van der Waals surface area contributed by atoms with E-state index in [1.54, 1.807) is 0 Å². The highest BCUT2D eigenvalue weighted by Crippen LogP contribution is 2.21. The lowest BCUT2D eigenvalue weighted by Gasteiger charge is -2.35. The van der Waals surface area contributed by atoms with Crippen LogP contribution in [0.4, 0.5) is 0 Å². The van der Waals surface area contributed by atoms with Gasteiger partial charge in [0.2, 0.25) is 8.83 Å². The molecule has 0 spiro atoms. The molecule has 2 radical (unpaired) electrons. The van der Waals surface area contributed by atoms with Crippen molar-refractivity contribution in [3.8, 4) is 0 Å². The van der Waals surface area contributed by atoms with Crippen LogP contribution < -0.4 is 5.19 Å². The summed E-state index contributed by atoms with van der Waals surface area (Å²) in [7, 11) is 0.388. The molecule has 0 saturated carbocycles. The van der Waals surface area contributed by atoms with Crippen LogP contribution in [-0.2, 0) is 6.54 Å². The van der Waals surface area contributed by atoms with Gasteiger partial charge in [0, 0.05) is 12.6 Å². The summed E-state index contributed by atoms with van der Waals surface area (Å²) in [6, 6.07) is 9.37. The van der Waals surface area contributed by atoms with E-state index in [0.717, 1.165) is 12.6 Å². The zero-order valence-electron chi connectivity index (χ0n) is 10.5. The minimum Gasteiger partial charge on any atom is -0.296 e. The Labute approximate surface area is 112 Å². The lowest BCUT2D eigenvalue weighted by molar-refractivity contribution is 0.136. The number of hydrogen-bond donors (Lipinski definition) is 0. The van der Waals surface area contributed by atoms with Crippen LogP contribution in [0, 0.1) is 0 Å². The van der Waals surface area contributed by atoms with Crippen LogP contribution >= 0.6 is 11.1 Å². The van der Waals surface area contributed by atoms with Crippen LogP contribution in [-0.4, -0.2) is 26.3 Å². The SMILES string of the molecule is CCC1CCCCN1Cc1ccccc1[Si]Cl. The van der Waals surface area contributed by atoms with Gasteiger partial charge in [-0.3, -0.25) is 4.90 Å². The first-order valence-corrected chi connectivity index (χ1v) is 8.55. The van der Waals surface area contributed by atoms with E-state index in [1.165, 1.54) is 43.0 Å². The third-order valence-electron chi connectivity index (χ3n) is 3.71. The largest absolute Gasteiger partial charge is 0.296 e. The van der Waals surface area contributed by atoms with Crippen LogP contribution in [0.15, 0.2) is 24.3 Å². The molecule has 1 aromatic rings. The summed E-state index contributed by atoms with van der Waals surface area (Å²) >= 11 is 6.03. The molecule has 1 aliphatic heterocycles. The van der Waals surface area contributed by atoms with Gasteiger partial charge < -0.3 is 0 Å². The maximum absolute atomic E-state index is 6.03. The van der Waals surface area contributed by atoms with Gasteiger partial charge in [-0.25, -0.2) is 0 Å². The highest BCUT2D eigenvalue weighted by molar-refractivity contribution is 7.01. The summed E-state index contributed by atoms with van der Waals surface area (Å²) in [6.45, 7) is 4.63. The molecule has 0 aromatic heterocycles. The second kappa shape index (κ2) is 6.57. The molecule has 1 nitrogen and oxygen atoms in total. The van der Waals surface area contributed by atoms with E-state index in [1.807, 2.05) is 0 Å². The van der Waals surface area contributed by atoms with Crippen molar-refractivity contribution >= 4 is 25.1 Å². The maximum Gasteiger partial charge on any atom is 0.210 e. The zero-order valence-corrected chi connectivity index (χ0v) is 12.2. The Morgan fingerprint density at radius 2 is 2.18 bits per heavy atom. The Hall–Kier alpha value is -0.313. The molecule has 1 unspecified atom stereocenters. The summed E-state index contributed by atoms with van der Waals surface area (Å²) in [5.74, 6) is 0. The van der Waals surface area contributed by atoms with E-state index < -0.39 is 0 Å². The van der Waals surface area contributed by atoms with Gasteiger partial charge in [0.15, 0.2) is 0 Å². The van der Waals surface area contributed by atoms with Crippen molar-refractivity contribution in [1.29, 1.82) is 0 Å². The van der Waals surface area contributed by atoms with Crippen LogP contribution in [0.25, 0.3) is 0 Å². The first-order valence-electron chi connectivity index (χ1n) is 6.53. The molecule has 1 aromatic carbocycles. The van der Waals surface area contributed by atoms with Gasteiger partial charge in [0.1, 0.15) is 0 Å². The third-order valence-corrected chi connectivity index (χ3v) is 5.02. The van der Waals surface area contributed by atoms with Gasteiger partial charge in [-0.2, -0.15) is 11.1 Å². The highest BCUT2D eigenvalue weighted by Gasteiger charge is 2.21. The summed E-state index contributed by atoms with van der Waals surface area (Å²) < 4.78 is 0. The molecule has 17 heavy (non-hydrogen) atoms. The van der Waals surface area contributed by atoms with E-state index in [4.69, 9.17) is 11.1 Å². The molecule has 0 bridgehead atoms. The lowest BCUT2D eigenvalue weighted by Crippen LogP contribution is -2.39. The molecule has 92 valence electrons. The molecular formula is C14H20ClNSi. The van der Waals surface area contributed by atoms with E-state index in [2.05, 4.69) is 36.1 Å². The molecular weight excluding hydrogens is 246 g/mol. The smallest absolute Gasteiger partial charge is 0.210 e. The molecule has 1 aliphatic rings. The zero-order chi connectivity index (χ0) is 12.1. The molecule has 0 aliphatic carbocycles. The molecule has 1 saturated heterocycles. The molecule has 0 amide bonds. The maximum atomic E-state index is 6.03. The predicted octanol–water partition coefficient (Wildman–Crippen LogP) is 2.93. The van der Waals surface area contributed by atoms with E-state index in [-0.39, 0.29) is 0 Å². The van der Waals surface area contributed by atoms with Crippen molar-refractivity contribution in [3.63, 3.8) is 0 Å². The second-order valence-corrected chi connectivity index (χ2v) is 6.07. The quantitative estimate of drug-likeness (QED) is 0.598. The van der Waals surface area contributed by atoms with Crippen LogP contribution in [0.1, 0.15) is 38.2 Å². The standard InChI is InChI=1S/C14H20ClNSi/c1-2-13-8-5-6-10-16(13)11-12-7-3-4-9-14(12)17-15/h3-4,7,9,13H,2,5-6,8,10-11H2,1H3. The summed E-state index contributed by atoms with van der Waals surface area (Å²) in [5, 5.41) is 1.31. The van der Waals surface area contributed by atoms with Gasteiger partial charge in [0.05, 0.1) is 0 Å². The van der Waals surface area contributed by atoms with Crippen molar-refractivity contribution in [2.45, 2.75) is 45.2 Å². The Morgan fingerprint density at radius 1 is 1.35 bits per heavy atom. The Balaban J connectivity index is 2.08. The van der Waals surface area contributed by atoms with E-state index >= 15 is 0 Å². The normalized spacial score (nSPS) is 21.6. The fourth-order valence-corrected chi connectivity index (χ4v) is 3.70. The van der Waals surface area contributed by atoms with Crippen molar-refractivity contribution in [2.75, 3.05) is 6.54 Å². The average Bonchev–Trinajstić information content (AvgIpc) is 2.40. The molecule has 1 atom stereocenters. The highest BCUT2D eigenvalue weighted by atomic mass is 35.6. The van der Waals surface area contributed by atoms with Gasteiger partial charge in [0.25, 0.3) is 0 Å². The number of likely N-dealkylation sites (tertiary alicyclic amines) is 1. The van der Waals surface area contributed by atoms with Gasteiger partial charge >= 0.3 is 0 Å². The topological polar surface area (TPSA) is 3.24 Å². The first kappa shape index (κ1) is 13.1. The molecule has 3 heteroatoms. The predicted molar refractivity (Wildman–Crippen MR) is 76.0 cm³/mol. The Bertz CT molecular complexity index is 356. The van der Waals surface area contributed by atoms with Crippen LogP contribution in [0.5, 0.6) is 0 Å². The second-order valence-electron chi connectivity index (χ2n) is 4.78. The number of nitrogens with zero attached hydrogens (tertiary/aromatic N) is 1. The van der Waals surface area contributed by atoms with Crippen LogP contribution in [0.3, 0.4) is 0 Å². The summed E-state index contributed by atoms with van der Waals surface area (Å²) in [6.07, 6.45) is 5.38. The number of rotatable bonds is 4. The van der Waals surface area contributed by atoms with Gasteiger partial charge in [-0.15, -0.1) is 0 Å². The van der Waals surface area contributed by atoms with Crippen molar-refractivity contribution in [1.82, 2.24) is 4.90 Å². The monoisotopic (exact) mass is 265 g/mol. The van der Waals surface area contributed by atoms with Crippen LogP contribution in [0.2, 0.25) is 0 Å². The van der Waals surface area contributed by atoms with Crippen molar-refractivity contribution in [2.24, 2.45) is 0 Å². The van der Waals surface area contributed by atoms with E-state index in [9.17, 15) is 0 Å². The Kier molecular flexibility index (Phi) is 5.08. The van der Waals surface area contributed by atoms with Gasteiger partial charge in [-0.05, 0) is 36.6 Å². The summed E-state index contributed by atoms with van der Waals surface area (Å²) in [4.78, 5) is 2.64. The van der Waals surface area contributed by atoms with E-state index in [0.29, 0.717) is 8.83 Å². The fourth-order valence-electron chi connectivity index (χ4n) is 2.70. The number of benzene rings is 1. The number of hydrogen-bond acceptors (Lipinski definition) is 1. The fraction of sp³-hybridized carbons (Fsp3) is 0.571. The molecule has 0 N–H and O–H groups in total. The minimum atomic E-state index is 0.388. The molecule has 2 rings (SSSR count). The summed E-state index contributed by atoms with van der Waals surface area (Å²) in [5.41, 5.74) is 1.42. The molecule has 1 heterocycles. The first-order chi connectivity index (χ1) is 8.35. The van der Waals surface area contributed by atoms with Gasteiger partial charge in [-0.1, -0.05) is 37.6 Å². The lowest BCUT2D eigenvalue weighted by atomic mass is 9.99. The number of piperidine rings is 1. The van der Waals surface area contributed by atoms with Crippen molar-refractivity contribution < 1.29 is 0 Å². The Morgan fingerprint density at radius 3 is 2.94 bits per heavy atom.